The van der Waals surface area contributed by atoms with Crippen molar-refractivity contribution in [2.45, 2.75) is 25.8 Å². The van der Waals surface area contributed by atoms with Crippen LogP contribution in [-0.2, 0) is 0 Å². The van der Waals surface area contributed by atoms with Crippen molar-refractivity contribution in [3.63, 3.8) is 0 Å². The second-order valence-electron chi connectivity index (χ2n) is 8.04. The van der Waals surface area contributed by atoms with Gasteiger partial charge in [0.05, 0.1) is 7.11 Å². The second kappa shape index (κ2) is 8.17. The molecule has 29 heavy (non-hydrogen) atoms. The summed E-state index contributed by atoms with van der Waals surface area (Å²) in [6.07, 6.45) is 1.66. The molecule has 150 valence electrons. The number of phenolic OH excluding ortho intramolecular Hbond substituents is 1. The molecule has 3 aromatic carbocycles. The van der Waals surface area contributed by atoms with Crippen LogP contribution in [0.3, 0.4) is 0 Å². The van der Waals surface area contributed by atoms with Gasteiger partial charge in [0, 0.05) is 11.6 Å². The van der Waals surface area contributed by atoms with Crippen LogP contribution in [0.2, 0.25) is 5.04 Å². The summed E-state index contributed by atoms with van der Waals surface area (Å²) in [4.78, 5) is 0. The van der Waals surface area contributed by atoms with Gasteiger partial charge in [0.15, 0.2) is 11.5 Å². The maximum atomic E-state index is 10.3. The van der Waals surface area contributed by atoms with Gasteiger partial charge in [0.1, 0.15) is 5.75 Å². The maximum Gasteiger partial charge on any atom is 0.320 e. The zero-order valence-corrected chi connectivity index (χ0v) is 18.5. The Bertz CT molecular complexity index is 937. The molecule has 0 radical (unpaired) electrons. The molecule has 1 N–H and O–H groups in total. The lowest BCUT2D eigenvalue weighted by Gasteiger charge is -2.43. The Kier molecular flexibility index (Phi) is 5.85. The minimum Gasteiger partial charge on any atom is -0.531 e. The molecule has 0 saturated carbocycles. The van der Waals surface area contributed by atoms with Gasteiger partial charge in [-0.25, -0.2) is 0 Å². The third-order valence-corrected chi connectivity index (χ3v) is 10.1. The first kappa shape index (κ1) is 20.7. The van der Waals surface area contributed by atoms with Crippen molar-refractivity contribution < 1.29 is 14.3 Å². The van der Waals surface area contributed by atoms with Crippen LogP contribution in [0.15, 0.2) is 79.4 Å². The van der Waals surface area contributed by atoms with Gasteiger partial charge in [-0.2, -0.15) is 0 Å². The molecule has 0 aromatic heterocycles. The standard InChI is InChI=1S/C25H28O3Si/c1-6-19-17-20(26)18-23(24(19)27-5)28-29(25(2,3)4,21-13-9-7-10-14-21)22-15-11-8-12-16-22/h6-18,26H,1H2,2-5H3. The summed E-state index contributed by atoms with van der Waals surface area (Å²) in [6.45, 7) is 10.5. The van der Waals surface area contributed by atoms with Gasteiger partial charge in [-0.3, -0.25) is 0 Å². The van der Waals surface area contributed by atoms with Crippen molar-refractivity contribution >= 4 is 24.8 Å². The third-order valence-electron chi connectivity index (χ3n) is 5.17. The first-order valence-electron chi connectivity index (χ1n) is 9.67. The summed E-state index contributed by atoms with van der Waals surface area (Å²) >= 11 is 0. The fraction of sp³-hybridized carbons (Fsp3) is 0.200. The Morgan fingerprint density at radius 2 is 1.41 bits per heavy atom. The minimum absolute atomic E-state index is 0.119. The number of benzene rings is 3. The topological polar surface area (TPSA) is 38.7 Å². The average molecular weight is 405 g/mol. The van der Waals surface area contributed by atoms with E-state index in [9.17, 15) is 5.11 Å². The fourth-order valence-electron chi connectivity index (χ4n) is 3.87. The molecular formula is C25H28O3Si. The molecule has 0 aliphatic carbocycles. The Balaban J connectivity index is 2.34. The summed E-state index contributed by atoms with van der Waals surface area (Å²) in [5, 5.41) is 12.4. The predicted molar refractivity (Wildman–Crippen MR) is 123 cm³/mol. The summed E-state index contributed by atoms with van der Waals surface area (Å²) in [7, 11) is -1.21. The van der Waals surface area contributed by atoms with Crippen LogP contribution in [0, 0.1) is 0 Å². The van der Waals surface area contributed by atoms with Gasteiger partial charge in [-0.1, -0.05) is 94.1 Å². The minimum atomic E-state index is -2.82. The van der Waals surface area contributed by atoms with E-state index in [4.69, 9.17) is 9.16 Å². The molecule has 0 aliphatic rings. The molecule has 0 bridgehead atoms. The van der Waals surface area contributed by atoms with E-state index in [0.717, 1.165) is 10.4 Å². The summed E-state index contributed by atoms with van der Waals surface area (Å²) in [5.41, 5.74) is 0.695. The smallest absolute Gasteiger partial charge is 0.320 e. The predicted octanol–water partition coefficient (Wildman–Crippen LogP) is 4.98. The van der Waals surface area contributed by atoms with E-state index in [1.807, 2.05) is 36.4 Å². The molecule has 0 amide bonds. The van der Waals surface area contributed by atoms with Crippen LogP contribution in [0.4, 0.5) is 0 Å². The zero-order chi connectivity index (χ0) is 21.1. The third kappa shape index (κ3) is 3.81. The van der Waals surface area contributed by atoms with Crippen molar-refractivity contribution in [1.29, 1.82) is 0 Å². The van der Waals surface area contributed by atoms with Crippen LogP contribution >= 0.6 is 0 Å². The Hall–Kier alpha value is -2.98. The first-order chi connectivity index (χ1) is 13.8. The van der Waals surface area contributed by atoms with Gasteiger partial charge in [-0.15, -0.1) is 0 Å². The van der Waals surface area contributed by atoms with Gasteiger partial charge < -0.3 is 14.3 Å². The molecule has 3 nitrogen and oxygen atoms in total. The first-order valence-corrected chi connectivity index (χ1v) is 11.6. The summed E-state index contributed by atoms with van der Waals surface area (Å²) < 4.78 is 12.7. The highest BCUT2D eigenvalue weighted by molar-refractivity contribution is 7.00. The van der Waals surface area contributed by atoms with Gasteiger partial charge in [0.25, 0.3) is 0 Å². The van der Waals surface area contributed by atoms with E-state index < -0.39 is 8.32 Å². The Morgan fingerprint density at radius 1 is 0.897 bits per heavy atom. The fourth-order valence-corrected chi connectivity index (χ4v) is 8.28. The quantitative estimate of drug-likeness (QED) is 0.589. The van der Waals surface area contributed by atoms with Crippen molar-refractivity contribution in [2.24, 2.45) is 0 Å². The highest BCUT2D eigenvalue weighted by Gasteiger charge is 2.52. The van der Waals surface area contributed by atoms with Gasteiger partial charge in [-0.05, 0) is 21.5 Å². The SMILES string of the molecule is C=Cc1cc(O)cc(O[Si](c2ccccc2)(c2ccccc2)C(C)(C)C)c1OC. The molecule has 0 fully saturated rings. The van der Waals surface area contributed by atoms with E-state index in [-0.39, 0.29) is 10.8 Å². The van der Waals surface area contributed by atoms with E-state index in [2.05, 4.69) is 51.6 Å². The van der Waals surface area contributed by atoms with Crippen molar-refractivity contribution in [1.82, 2.24) is 0 Å². The average Bonchev–Trinajstić information content (AvgIpc) is 2.71. The molecule has 0 unspecified atom stereocenters. The van der Waals surface area contributed by atoms with E-state index in [1.165, 1.54) is 0 Å². The molecule has 3 aromatic rings. The Labute approximate surface area is 174 Å². The van der Waals surface area contributed by atoms with Crippen LogP contribution in [0.25, 0.3) is 6.08 Å². The molecule has 4 heteroatoms. The molecular weight excluding hydrogens is 376 g/mol. The number of methoxy groups -OCH3 is 1. The lowest BCUT2D eigenvalue weighted by atomic mass is 10.1. The molecule has 3 rings (SSSR count). The lowest BCUT2D eigenvalue weighted by molar-refractivity contribution is 0.384. The number of phenols is 1. The number of hydrogen-bond donors (Lipinski definition) is 1. The van der Waals surface area contributed by atoms with Crippen LogP contribution in [-0.4, -0.2) is 20.5 Å². The number of hydrogen-bond acceptors (Lipinski definition) is 3. The number of aromatic hydroxyl groups is 1. The zero-order valence-electron chi connectivity index (χ0n) is 17.5. The van der Waals surface area contributed by atoms with Crippen LogP contribution < -0.4 is 19.5 Å². The molecule has 0 atom stereocenters. The number of rotatable bonds is 6. The van der Waals surface area contributed by atoms with Crippen molar-refractivity contribution in [2.75, 3.05) is 7.11 Å². The molecule has 0 aliphatic heterocycles. The highest BCUT2D eigenvalue weighted by atomic mass is 28.4. The van der Waals surface area contributed by atoms with Crippen LogP contribution in [0.5, 0.6) is 17.2 Å². The monoisotopic (exact) mass is 404 g/mol. The Morgan fingerprint density at radius 3 is 1.83 bits per heavy atom. The number of ether oxygens (including phenoxy) is 1. The highest BCUT2D eigenvalue weighted by Crippen LogP contribution is 2.42. The van der Waals surface area contributed by atoms with Crippen molar-refractivity contribution in [3.05, 3.63) is 84.9 Å². The largest absolute Gasteiger partial charge is 0.531 e. The van der Waals surface area contributed by atoms with E-state index >= 15 is 0 Å². The second-order valence-corrected chi connectivity index (χ2v) is 12.3. The van der Waals surface area contributed by atoms with E-state index in [0.29, 0.717) is 17.1 Å². The normalized spacial score (nSPS) is 11.7. The molecule has 0 saturated heterocycles. The van der Waals surface area contributed by atoms with Crippen molar-refractivity contribution in [3.8, 4) is 17.2 Å². The molecule has 0 heterocycles. The van der Waals surface area contributed by atoms with Gasteiger partial charge >= 0.3 is 8.32 Å². The lowest BCUT2D eigenvalue weighted by Crippen LogP contribution is -2.68. The summed E-state index contributed by atoms with van der Waals surface area (Å²) in [6, 6.07) is 24.0. The summed E-state index contributed by atoms with van der Waals surface area (Å²) in [5.74, 6) is 1.22. The van der Waals surface area contributed by atoms with E-state index in [1.54, 1.807) is 25.3 Å². The van der Waals surface area contributed by atoms with Gasteiger partial charge in [0.2, 0.25) is 0 Å². The van der Waals surface area contributed by atoms with Crippen LogP contribution in [0.1, 0.15) is 26.3 Å². The maximum absolute atomic E-state index is 10.3. The molecule has 0 spiro atoms.